The van der Waals surface area contributed by atoms with Crippen LogP contribution in [0.15, 0.2) is 59.5 Å². The largest absolute Gasteiger partial charge is 0.454 e. The maximum absolute atomic E-state index is 12.8. The topological polar surface area (TPSA) is 122 Å². The molecule has 0 aromatic heterocycles. The molecule has 2 rings (SSSR count). The molecule has 0 radical (unpaired) electrons. The number of sulfonamides is 1. The second kappa shape index (κ2) is 12.3. The Hall–Kier alpha value is -3.24. The zero-order valence-corrected chi connectivity index (χ0v) is 20.6. The summed E-state index contributed by atoms with van der Waals surface area (Å²) in [4.78, 5) is 37.5. The van der Waals surface area contributed by atoms with Crippen LogP contribution in [0, 0.1) is 5.92 Å². The lowest BCUT2D eigenvalue weighted by Gasteiger charge is -2.21. The number of carbonyl (C=O) groups is 3. The molecule has 0 saturated carbocycles. The molecular formula is C24H31N3O6S. The Morgan fingerprint density at radius 3 is 2.21 bits per heavy atom. The van der Waals surface area contributed by atoms with Crippen molar-refractivity contribution in [1.29, 1.82) is 0 Å². The number of ether oxygens (including phenoxy) is 1. The lowest BCUT2D eigenvalue weighted by Crippen LogP contribution is -2.46. The fourth-order valence-electron chi connectivity index (χ4n) is 3.18. The Balaban J connectivity index is 2.07. The van der Waals surface area contributed by atoms with Crippen LogP contribution in [0.2, 0.25) is 0 Å². The van der Waals surface area contributed by atoms with E-state index < -0.39 is 40.5 Å². The molecule has 9 nitrogen and oxygen atoms in total. The molecule has 34 heavy (non-hydrogen) atoms. The number of amides is 2. The van der Waals surface area contributed by atoms with E-state index in [0.29, 0.717) is 18.8 Å². The Kier molecular flexibility index (Phi) is 9.76. The van der Waals surface area contributed by atoms with Crippen molar-refractivity contribution in [2.75, 3.05) is 25.0 Å². The maximum Gasteiger partial charge on any atom is 0.329 e. The van der Waals surface area contributed by atoms with Crippen molar-refractivity contribution in [3.05, 3.63) is 60.2 Å². The Bertz CT molecular complexity index is 1100. The van der Waals surface area contributed by atoms with Crippen LogP contribution in [0.5, 0.6) is 0 Å². The fraction of sp³-hybridized carbons (Fsp3) is 0.375. The lowest BCUT2D eigenvalue weighted by atomic mass is 10.0. The first-order valence-corrected chi connectivity index (χ1v) is 12.5. The van der Waals surface area contributed by atoms with Gasteiger partial charge in [-0.1, -0.05) is 52.0 Å². The van der Waals surface area contributed by atoms with Crippen LogP contribution in [-0.4, -0.2) is 56.2 Å². The minimum atomic E-state index is -3.75. The molecule has 1 atom stereocenters. The van der Waals surface area contributed by atoms with E-state index in [4.69, 9.17) is 4.74 Å². The van der Waals surface area contributed by atoms with Crippen LogP contribution < -0.4 is 10.6 Å². The Morgan fingerprint density at radius 1 is 0.971 bits per heavy atom. The zero-order chi connectivity index (χ0) is 25.3. The Labute approximate surface area is 200 Å². The van der Waals surface area contributed by atoms with Gasteiger partial charge in [0.1, 0.15) is 6.04 Å². The van der Waals surface area contributed by atoms with Crippen molar-refractivity contribution < 1.29 is 27.5 Å². The average Bonchev–Trinajstić information content (AvgIpc) is 2.82. The summed E-state index contributed by atoms with van der Waals surface area (Å²) in [5.41, 5.74) is 0.658. The smallest absolute Gasteiger partial charge is 0.329 e. The van der Waals surface area contributed by atoms with Crippen molar-refractivity contribution in [3.8, 4) is 0 Å². The predicted octanol–water partition coefficient (Wildman–Crippen LogP) is 2.65. The molecule has 0 fully saturated rings. The van der Waals surface area contributed by atoms with E-state index in [1.165, 1.54) is 28.6 Å². The number of hydrogen-bond acceptors (Lipinski definition) is 6. The monoisotopic (exact) mass is 489 g/mol. The van der Waals surface area contributed by atoms with Gasteiger partial charge in [-0.3, -0.25) is 9.59 Å². The minimum absolute atomic E-state index is 0.00916. The van der Waals surface area contributed by atoms with Crippen LogP contribution >= 0.6 is 0 Å². The molecule has 2 aromatic rings. The minimum Gasteiger partial charge on any atom is -0.454 e. The number of para-hydroxylation sites is 1. The summed E-state index contributed by atoms with van der Waals surface area (Å²) in [5.74, 6) is -2.24. The highest BCUT2D eigenvalue weighted by atomic mass is 32.2. The summed E-state index contributed by atoms with van der Waals surface area (Å²) in [7, 11) is -3.75. The summed E-state index contributed by atoms with van der Waals surface area (Å²) in [5, 5.41) is 5.19. The number of carbonyl (C=O) groups excluding carboxylic acids is 3. The van der Waals surface area contributed by atoms with Gasteiger partial charge in [0.25, 0.3) is 11.8 Å². The molecular weight excluding hydrogens is 458 g/mol. The van der Waals surface area contributed by atoms with Crippen molar-refractivity contribution in [3.63, 3.8) is 0 Å². The van der Waals surface area contributed by atoms with Crippen molar-refractivity contribution in [2.45, 2.75) is 38.6 Å². The van der Waals surface area contributed by atoms with E-state index in [9.17, 15) is 22.8 Å². The number of nitrogens with zero attached hydrogens (tertiary/aromatic N) is 1. The van der Waals surface area contributed by atoms with Crippen LogP contribution in [0.25, 0.3) is 0 Å². The standard InChI is InChI=1S/C24H31N3O6S/c1-5-27(6-2)34(31,32)20-14-10-11-18(15-20)23(29)26-22(17(3)4)24(30)33-16-21(28)25-19-12-8-7-9-13-19/h7-15,17,22H,5-6,16H2,1-4H3,(H,25,28)(H,26,29)/t22-/m0/s1. The van der Waals surface area contributed by atoms with Crippen LogP contribution in [0.3, 0.4) is 0 Å². The van der Waals surface area contributed by atoms with Gasteiger partial charge < -0.3 is 15.4 Å². The Morgan fingerprint density at radius 2 is 1.62 bits per heavy atom. The van der Waals surface area contributed by atoms with E-state index in [1.54, 1.807) is 58.0 Å². The molecule has 0 aliphatic rings. The maximum atomic E-state index is 12.8. The van der Waals surface area contributed by atoms with E-state index in [0.717, 1.165) is 0 Å². The summed E-state index contributed by atoms with van der Waals surface area (Å²) in [6.07, 6.45) is 0. The number of rotatable bonds is 11. The van der Waals surface area contributed by atoms with E-state index >= 15 is 0 Å². The van der Waals surface area contributed by atoms with Gasteiger partial charge in [0.05, 0.1) is 4.90 Å². The fourth-order valence-corrected chi connectivity index (χ4v) is 4.68. The first-order chi connectivity index (χ1) is 16.1. The highest BCUT2D eigenvalue weighted by Crippen LogP contribution is 2.17. The highest BCUT2D eigenvalue weighted by Gasteiger charge is 2.28. The van der Waals surface area contributed by atoms with Gasteiger partial charge in [-0.15, -0.1) is 0 Å². The molecule has 2 amide bonds. The first-order valence-electron chi connectivity index (χ1n) is 11.0. The first kappa shape index (κ1) is 27.0. The second-order valence-electron chi connectivity index (χ2n) is 7.83. The number of nitrogens with one attached hydrogen (secondary N) is 2. The van der Waals surface area contributed by atoms with Gasteiger partial charge in [-0.2, -0.15) is 4.31 Å². The van der Waals surface area contributed by atoms with Crippen molar-refractivity contribution >= 4 is 33.5 Å². The molecule has 0 bridgehead atoms. The van der Waals surface area contributed by atoms with Crippen LogP contribution in [-0.2, 0) is 24.3 Å². The normalized spacial score (nSPS) is 12.3. The zero-order valence-electron chi connectivity index (χ0n) is 19.8. The third-order valence-electron chi connectivity index (χ3n) is 5.05. The van der Waals surface area contributed by atoms with E-state index in [2.05, 4.69) is 10.6 Å². The van der Waals surface area contributed by atoms with Gasteiger partial charge in [0, 0.05) is 24.3 Å². The molecule has 0 spiro atoms. The average molecular weight is 490 g/mol. The SMILES string of the molecule is CCN(CC)S(=O)(=O)c1cccc(C(=O)N[C@H](C(=O)OCC(=O)Nc2ccccc2)C(C)C)c1. The van der Waals surface area contributed by atoms with Gasteiger partial charge in [-0.05, 0) is 36.2 Å². The van der Waals surface area contributed by atoms with E-state index in [-0.39, 0.29) is 16.4 Å². The molecule has 0 unspecified atom stereocenters. The number of anilines is 1. The van der Waals surface area contributed by atoms with Gasteiger partial charge in [-0.25, -0.2) is 13.2 Å². The molecule has 0 aliphatic heterocycles. The molecule has 0 saturated heterocycles. The number of esters is 1. The summed E-state index contributed by atoms with van der Waals surface area (Å²) >= 11 is 0. The second-order valence-corrected chi connectivity index (χ2v) is 9.77. The molecule has 2 aromatic carbocycles. The molecule has 0 aliphatic carbocycles. The number of benzene rings is 2. The third-order valence-corrected chi connectivity index (χ3v) is 7.10. The van der Waals surface area contributed by atoms with Gasteiger partial charge in [0.2, 0.25) is 10.0 Å². The van der Waals surface area contributed by atoms with Crippen LogP contribution in [0.4, 0.5) is 5.69 Å². The molecule has 2 N–H and O–H groups in total. The van der Waals surface area contributed by atoms with E-state index in [1.807, 2.05) is 0 Å². The number of hydrogen-bond donors (Lipinski definition) is 2. The van der Waals surface area contributed by atoms with Crippen molar-refractivity contribution in [2.24, 2.45) is 5.92 Å². The highest BCUT2D eigenvalue weighted by molar-refractivity contribution is 7.89. The molecule has 0 heterocycles. The quantitative estimate of drug-likeness (QED) is 0.468. The molecule has 10 heteroatoms. The van der Waals surface area contributed by atoms with Crippen molar-refractivity contribution in [1.82, 2.24) is 9.62 Å². The summed E-state index contributed by atoms with van der Waals surface area (Å²) < 4.78 is 31.9. The summed E-state index contributed by atoms with van der Waals surface area (Å²) in [6, 6.07) is 13.3. The van der Waals surface area contributed by atoms with Gasteiger partial charge in [0.15, 0.2) is 6.61 Å². The van der Waals surface area contributed by atoms with Crippen LogP contribution in [0.1, 0.15) is 38.1 Å². The molecule has 184 valence electrons. The lowest BCUT2D eigenvalue weighted by molar-refractivity contribution is -0.150. The van der Waals surface area contributed by atoms with Gasteiger partial charge >= 0.3 is 5.97 Å². The predicted molar refractivity (Wildman–Crippen MR) is 129 cm³/mol. The summed E-state index contributed by atoms with van der Waals surface area (Å²) in [6.45, 7) is 7.00. The third kappa shape index (κ3) is 7.13.